The molecule has 2 aliphatic carbocycles. The summed E-state index contributed by atoms with van der Waals surface area (Å²) in [6, 6.07) is 0. The first kappa shape index (κ1) is 20.2. The van der Waals surface area contributed by atoms with E-state index in [0.717, 1.165) is 32.1 Å². The third-order valence-electron chi connectivity index (χ3n) is 6.88. The summed E-state index contributed by atoms with van der Waals surface area (Å²) in [6.07, 6.45) is 6.82. The Balaban J connectivity index is 2.03. The van der Waals surface area contributed by atoms with E-state index in [-0.39, 0.29) is 16.8 Å². The van der Waals surface area contributed by atoms with E-state index >= 15 is 0 Å². The summed E-state index contributed by atoms with van der Waals surface area (Å²) in [5.74, 6) is 1.77. The number of esters is 1. The van der Waals surface area contributed by atoms with Gasteiger partial charge in [-0.05, 0) is 60.7 Å². The highest BCUT2D eigenvalue weighted by Gasteiger charge is 2.54. The van der Waals surface area contributed by atoms with Gasteiger partial charge in [0, 0.05) is 19.8 Å². The molecule has 0 saturated heterocycles. The van der Waals surface area contributed by atoms with Crippen LogP contribution >= 0.6 is 0 Å². The van der Waals surface area contributed by atoms with Gasteiger partial charge in [0.2, 0.25) is 0 Å². The van der Waals surface area contributed by atoms with E-state index in [0.29, 0.717) is 36.6 Å². The van der Waals surface area contributed by atoms with Gasteiger partial charge in [-0.25, -0.2) is 0 Å². The molecule has 3 heteroatoms. The molecule has 3 nitrogen and oxygen atoms in total. The molecular formula is C22H36O3. The van der Waals surface area contributed by atoms with Crippen LogP contribution in [0.5, 0.6) is 0 Å². The second-order valence-corrected chi connectivity index (χ2v) is 9.50. The van der Waals surface area contributed by atoms with E-state index in [4.69, 9.17) is 4.74 Å². The molecule has 0 spiro atoms. The molecule has 2 rings (SSSR count). The minimum absolute atomic E-state index is 0.0593. The predicted molar refractivity (Wildman–Crippen MR) is 101 cm³/mol. The zero-order valence-corrected chi connectivity index (χ0v) is 16.8. The number of hydrogen-bond donors (Lipinski definition) is 0. The highest BCUT2D eigenvalue weighted by atomic mass is 16.5. The van der Waals surface area contributed by atoms with Crippen LogP contribution in [0, 0.1) is 28.6 Å². The van der Waals surface area contributed by atoms with Crippen molar-refractivity contribution in [2.75, 3.05) is 6.61 Å². The smallest absolute Gasteiger partial charge is 0.302 e. The van der Waals surface area contributed by atoms with Crippen molar-refractivity contribution in [1.82, 2.24) is 0 Å². The lowest BCUT2D eigenvalue weighted by molar-refractivity contribution is -0.141. The Morgan fingerprint density at radius 2 is 1.96 bits per heavy atom. The van der Waals surface area contributed by atoms with Crippen molar-refractivity contribution in [3.05, 3.63) is 12.2 Å². The Morgan fingerprint density at radius 3 is 2.60 bits per heavy atom. The van der Waals surface area contributed by atoms with Gasteiger partial charge in [0.05, 0.1) is 6.61 Å². The highest BCUT2D eigenvalue weighted by Crippen LogP contribution is 2.61. The van der Waals surface area contributed by atoms with Gasteiger partial charge < -0.3 is 4.74 Å². The van der Waals surface area contributed by atoms with Crippen molar-refractivity contribution in [3.8, 4) is 0 Å². The number of fused-ring (bicyclic) bond motifs is 1. The van der Waals surface area contributed by atoms with Crippen molar-refractivity contribution in [2.45, 2.75) is 79.6 Å². The lowest BCUT2D eigenvalue weighted by Gasteiger charge is -2.57. The molecule has 0 aromatic carbocycles. The van der Waals surface area contributed by atoms with Crippen LogP contribution < -0.4 is 0 Å². The van der Waals surface area contributed by atoms with Crippen LogP contribution in [0.2, 0.25) is 0 Å². The molecule has 25 heavy (non-hydrogen) atoms. The first-order valence-electron chi connectivity index (χ1n) is 9.89. The normalized spacial score (nSPS) is 32.8. The maximum Gasteiger partial charge on any atom is 0.302 e. The number of ketones is 1. The molecule has 0 N–H and O–H groups in total. The monoisotopic (exact) mass is 348 g/mol. The molecule has 4 atom stereocenters. The Bertz CT molecular complexity index is 533. The van der Waals surface area contributed by atoms with Crippen LogP contribution in [0.3, 0.4) is 0 Å². The van der Waals surface area contributed by atoms with Crippen molar-refractivity contribution in [2.24, 2.45) is 28.6 Å². The fourth-order valence-corrected chi connectivity index (χ4v) is 5.72. The molecule has 0 aromatic rings. The van der Waals surface area contributed by atoms with Gasteiger partial charge in [0.25, 0.3) is 0 Å². The lowest BCUT2D eigenvalue weighted by Crippen LogP contribution is -2.52. The quantitative estimate of drug-likeness (QED) is 0.481. The first-order valence-corrected chi connectivity index (χ1v) is 9.89. The minimum atomic E-state index is -0.203. The third kappa shape index (κ3) is 4.54. The first-order chi connectivity index (χ1) is 11.6. The Labute approximate surface area is 153 Å². The fourth-order valence-electron chi connectivity index (χ4n) is 5.72. The van der Waals surface area contributed by atoms with Gasteiger partial charge in [0.15, 0.2) is 0 Å². The Kier molecular flexibility index (Phi) is 6.17. The van der Waals surface area contributed by atoms with Gasteiger partial charge in [-0.15, -0.1) is 0 Å². The number of ether oxygens (including phenoxy) is 1. The summed E-state index contributed by atoms with van der Waals surface area (Å²) in [6.45, 7) is 15.5. The number of allylic oxidation sites excluding steroid dienone is 1. The van der Waals surface area contributed by atoms with Gasteiger partial charge in [-0.1, -0.05) is 39.8 Å². The lowest BCUT2D eigenvalue weighted by atomic mass is 9.47. The maximum absolute atomic E-state index is 12.5. The van der Waals surface area contributed by atoms with E-state index in [2.05, 4.69) is 34.3 Å². The predicted octanol–water partition coefficient (Wildman–Crippen LogP) is 5.33. The standard InChI is InChI=1S/C22H36O3/c1-15(11-12-25-17(3)23)7-9-19-16(2)8-10-20-21(4,5)13-18(24)14-22(19,20)6/h15,19-20H,2,7-14H2,1,3-6H3/t15-,19+,20+,22+/m0/s1. The molecule has 0 bridgehead atoms. The van der Waals surface area contributed by atoms with Crippen LogP contribution in [0.4, 0.5) is 0 Å². The number of hydrogen-bond acceptors (Lipinski definition) is 3. The van der Waals surface area contributed by atoms with Crippen molar-refractivity contribution < 1.29 is 14.3 Å². The summed E-state index contributed by atoms with van der Waals surface area (Å²) in [5.41, 5.74) is 1.50. The van der Waals surface area contributed by atoms with E-state index < -0.39 is 0 Å². The molecule has 2 saturated carbocycles. The average Bonchev–Trinajstić information content (AvgIpc) is 2.43. The number of Topliss-reactive ketones (excluding diaryl/α,β-unsaturated/α-hetero) is 1. The van der Waals surface area contributed by atoms with E-state index in [1.807, 2.05) is 0 Å². The molecule has 2 aliphatic rings. The SMILES string of the molecule is C=C1CC[C@@H]2C(C)(C)CC(=O)C[C@]2(C)[C@@H]1CC[C@H](C)CCOC(C)=O. The number of rotatable bonds is 6. The van der Waals surface area contributed by atoms with Crippen LogP contribution in [-0.4, -0.2) is 18.4 Å². The molecule has 0 aromatic heterocycles. The molecule has 2 fully saturated rings. The summed E-state index contributed by atoms with van der Waals surface area (Å²) in [4.78, 5) is 23.4. The minimum Gasteiger partial charge on any atom is -0.466 e. The number of carbonyl (C=O) groups is 2. The third-order valence-corrected chi connectivity index (χ3v) is 6.88. The molecule has 0 aliphatic heterocycles. The van der Waals surface area contributed by atoms with E-state index in [9.17, 15) is 9.59 Å². The van der Waals surface area contributed by atoms with Crippen molar-refractivity contribution >= 4 is 11.8 Å². The Hall–Kier alpha value is -1.12. The van der Waals surface area contributed by atoms with Crippen LogP contribution in [0.1, 0.15) is 79.6 Å². The summed E-state index contributed by atoms with van der Waals surface area (Å²) < 4.78 is 5.07. The second-order valence-electron chi connectivity index (χ2n) is 9.50. The topological polar surface area (TPSA) is 43.4 Å². The zero-order chi connectivity index (χ0) is 18.8. The molecule has 0 radical (unpaired) electrons. The van der Waals surface area contributed by atoms with Crippen LogP contribution in [0.15, 0.2) is 12.2 Å². The molecule has 142 valence electrons. The van der Waals surface area contributed by atoms with E-state index in [1.54, 1.807) is 0 Å². The summed E-state index contributed by atoms with van der Waals surface area (Å²) in [7, 11) is 0. The second kappa shape index (κ2) is 7.63. The van der Waals surface area contributed by atoms with Crippen molar-refractivity contribution in [3.63, 3.8) is 0 Å². The maximum atomic E-state index is 12.5. The summed E-state index contributed by atoms with van der Waals surface area (Å²) in [5, 5.41) is 0. The molecule has 0 amide bonds. The molecular weight excluding hydrogens is 312 g/mol. The average molecular weight is 349 g/mol. The fraction of sp³-hybridized carbons (Fsp3) is 0.818. The van der Waals surface area contributed by atoms with Crippen molar-refractivity contribution in [1.29, 1.82) is 0 Å². The number of carbonyl (C=O) groups excluding carboxylic acids is 2. The molecule has 0 unspecified atom stereocenters. The zero-order valence-electron chi connectivity index (χ0n) is 16.8. The Morgan fingerprint density at radius 1 is 1.28 bits per heavy atom. The van der Waals surface area contributed by atoms with E-state index in [1.165, 1.54) is 18.9 Å². The highest BCUT2D eigenvalue weighted by molar-refractivity contribution is 5.81. The largest absolute Gasteiger partial charge is 0.466 e. The van der Waals surface area contributed by atoms with Crippen LogP contribution in [-0.2, 0) is 14.3 Å². The summed E-state index contributed by atoms with van der Waals surface area (Å²) >= 11 is 0. The molecule has 0 heterocycles. The van der Waals surface area contributed by atoms with Gasteiger partial charge in [0.1, 0.15) is 5.78 Å². The van der Waals surface area contributed by atoms with Gasteiger partial charge in [-0.3, -0.25) is 9.59 Å². The van der Waals surface area contributed by atoms with Crippen LogP contribution in [0.25, 0.3) is 0 Å². The van der Waals surface area contributed by atoms with Gasteiger partial charge >= 0.3 is 5.97 Å². The van der Waals surface area contributed by atoms with Gasteiger partial charge in [-0.2, -0.15) is 0 Å².